The fourth-order valence-corrected chi connectivity index (χ4v) is 3.98. The number of hydrogen-bond acceptors (Lipinski definition) is 5. The Labute approximate surface area is 162 Å². The van der Waals surface area contributed by atoms with Crippen LogP contribution in [-0.2, 0) is 0 Å². The quantitative estimate of drug-likeness (QED) is 0.504. The molecule has 0 atom stereocenters. The SMILES string of the molecule is CN(C)c1ccc(/C=c2/sc3nc(-c4ccccc4Br)nn3c2=O)cc1. The van der Waals surface area contributed by atoms with Gasteiger partial charge < -0.3 is 4.90 Å². The molecule has 7 heteroatoms. The zero-order valence-corrected chi connectivity index (χ0v) is 16.6. The summed E-state index contributed by atoms with van der Waals surface area (Å²) in [6.07, 6.45) is 1.88. The monoisotopic (exact) mass is 426 g/mol. The summed E-state index contributed by atoms with van der Waals surface area (Å²) in [6.45, 7) is 0. The standard InChI is InChI=1S/C19H15BrN4OS/c1-23(2)13-9-7-12(8-10-13)11-16-18(25)24-19(26-16)21-17(22-24)14-5-3-4-6-15(14)20/h3-11H,1-2H3/b16-11+. The Kier molecular flexibility index (Phi) is 4.34. The lowest BCUT2D eigenvalue weighted by Gasteiger charge is -2.11. The molecule has 0 unspecified atom stereocenters. The van der Waals surface area contributed by atoms with Gasteiger partial charge in [-0.05, 0) is 35.9 Å². The van der Waals surface area contributed by atoms with E-state index in [2.05, 4.69) is 26.0 Å². The normalized spacial score (nSPS) is 12.0. The Bertz CT molecular complexity index is 1190. The zero-order chi connectivity index (χ0) is 18.3. The molecule has 0 amide bonds. The highest BCUT2D eigenvalue weighted by atomic mass is 79.9. The van der Waals surface area contributed by atoms with Gasteiger partial charge in [-0.25, -0.2) is 0 Å². The third-order valence-corrected chi connectivity index (χ3v) is 5.65. The van der Waals surface area contributed by atoms with Gasteiger partial charge >= 0.3 is 0 Å². The first-order valence-electron chi connectivity index (χ1n) is 7.96. The van der Waals surface area contributed by atoms with E-state index >= 15 is 0 Å². The van der Waals surface area contributed by atoms with Gasteiger partial charge in [0.25, 0.3) is 5.56 Å². The van der Waals surface area contributed by atoms with Crippen LogP contribution in [0.2, 0.25) is 0 Å². The summed E-state index contributed by atoms with van der Waals surface area (Å²) in [5.41, 5.74) is 2.81. The number of aromatic nitrogens is 3. The van der Waals surface area contributed by atoms with Crippen LogP contribution >= 0.6 is 27.3 Å². The Morgan fingerprint density at radius 1 is 1.12 bits per heavy atom. The van der Waals surface area contributed by atoms with Gasteiger partial charge in [0.05, 0.1) is 4.53 Å². The summed E-state index contributed by atoms with van der Waals surface area (Å²) in [5, 5.41) is 4.39. The maximum absolute atomic E-state index is 12.7. The van der Waals surface area contributed by atoms with E-state index in [0.717, 1.165) is 21.3 Å². The van der Waals surface area contributed by atoms with Crippen molar-refractivity contribution in [3.63, 3.8) is 0 Å². The molecule has 26 heavy (non-hydrogen) atoms. The van der Waals surface area contributed by atoms with Gasteiger partial charge in [0.2, 0.25) is 4.96 Å². The molecule has 0 radical (unpaired) electrons. The van der Waals surface area contributed by atoms with Gasteiger partial charge in [0.1, 0.15) is 0 Å². The molecule has 2 aromatic heterocycles. The number of rotatable bonds is 3. The second kappa shape index (κ2) is 6.66. The second-order valence-corrected chi connectivity index (χ2v) is 7.87. The number of benzene rings is 2. The number of halogens is 1. The maximum atomic E-state index is 12.7. The molecule has 4 rings (SSSR count). The molecule has 2 aromatic carbocycles. The number of hydrogen-bond donors (Lipinski definition) is 0. The van der Waals surface area contributed by atoms with Crippen LogP contribution in [0.1, 0.15) is 5.56 Å². The Balaban J connectivity index is 1.76. The second-order valence-electron chi connectivity index (χ2n) is 6.01. The highest BCUT2D eigenvalue weighted by molar-refractivity contribution is 9.10. The zero-order valence-electron chi connectivity index (χ0n) is 14.2. The molecular formula is C19H15BrN4OS. The number of thiazole rings is 1. The first-order chi connectivity index (χ1) is 12.5. The summed E-state index contributed by atoms with van der Waals surface area (Å²) in [5.74, 6) is 0.544. The lowest BCUT2D eigenvalue weighted by molar-refractivity contribution is 0.936. The summed E-state index contributed by atoms with van der Waals surface area (Å²) in [4.78, 5) is 19.8. The van der Waals surface area contributed by atoms with E-state index in [-0.39, 0.29) is 5.56 Å². The molecule has 0 fully saturated rings. The average Bonchev–Trinajstić information content (AvgIpc) is 3.16. The van der Waals surface area contributed by atoms with Crippen molar-refractivity contribution in [1.29, 1.82) is 0 Å². The van der Waals surface area contributed by atoms with Crippen molar-refractivity contribution in [2.45, 2.75) is 0 Å². The minimum Gasteiger partial charge on any atom is -0.378 e. The van der Waals surface area contributed by atoms with Crippen LogP contribution in [0.3, 0.4) is 0 Å². The summed E-state index contributed by atoms with van der Waals surface area (Å²) < 4.78 is 2.90. The summed E-state index contributed by atoms with van der Waals surface area (Å²) >= 11 is 4.84. The lowest BCUT2D eigenvalue weighted by Crippen LogP contribution is -2.23. The van der Waals surface area contributed by atoms with Gasteiger partial charge in [0.15, 0.2) is 5.82 Å². The molecule has 0 N–H and O–H groups in total. The van der Waals surface area contributed by atoms with Crippen molar-refractivity contribution in [1.82, 2.24) is 14.6 Å². The lowest BCUT2D eigenvalue weighted by atomic mass is 10.2. The van der Waals surface area contributed by atoms with Crippen LogP contribution in [-0.4, -0.2) is 28.7 Å². The third-order valence-electron chi connectivity index (χ3n) is 4.00. The Morgan fingerprint density at radius 2 is 1.85 bits per heavy atom. The Hall–Kier alpha value is -2.51. The number of fused-ring (bicyclic) bond motifs is 1. The molecule has 130 valence electrons. The molecule has 4 aromatic rings. The van der Waals surface area contributed by atoms with E-state index in [0.29, 0.717) is 15.3 Å². The minimum atomic E-state index is -0.146. The van der Waals surface area contributed by atoms with E-state index in [9.17, 15) is 4.79 Å². The molecule has 0 bridgehead atoms. The summed E-state index contributed by atoms with van der Waals surface area (Å²) in [6, 6.07) is 15.8. The van der Waals surface area contributed by atoms with E-state index in [1.54, 1.807) is 0 Å². The molecule has 2 heterocycles. The Morgan fingerprint density at radius 3 is 2.50 bits per heavy atom. The van der Waals surface area contributed by atoms with Crippen molar-refractivity contribution in [3.8, 4) is 11.4 Å². The molecule has 0 aliphatic heterocycles. The predicted octanol–water partition coefficient (Wildman–Crippen LogP) is 3.19. The molecule has 0 aliphatic rings. The first-order valence-corrected chi connectivity index (χ1v) is 9.57. The van der Waals surface area contributed by atoms with Gasteiger partial charge in [-0.3, -0.25) is 4.79 Å². The highest BCUT2D eigenvalue weighted by Gasteiger charge is 2.13. The molecular weight excluding hydrogens is 412 g/mol. The first kappa shape index (κ1) is 16.9. The van der Waals surface area contributed by atoms with Gasteiger partial charge in [-0.1, -0.05) is 51.5 Å². The summed E-state index contributed by atoms with van der Waals surface area (Å²) in [7, 11) is 3.99. The van der Waals surface area contributed by atoms with Gasteiger partial charge in [-0.2, -0.15) is 9.50 Å². The van der Waals surface area contributed by atoms with E-state index in [1.165, 1.54) is 15.9 Å². The molecule has 0 aliphatic carbocycles. The van der Waals surface area contributed by atoms with Crippen LogP contribution < -0.4 is 15.0 Å². The van der Waals surface area contributed by atoms with Crippen LogP contribution in [0.15, 0.2) is 57.8 Å². The van der Waals surface area contributed by atoms with Gasteiger partial charge in [-0.15, -0.1) is 5.10 Å². The van der Waals surface area contributed by atoms with E-state index < -0.39 is 0 Å². The fraction of sp³-hybridized carbons (Fsp3) is 0.105. The van der Waals surface area contributed by atoms with Crippen LogP contribution in [0.4, 0.5) is 5.69 Å². The third kappa shape index (κ3) is 3.04. The van der Waals surface area contributed by atoms with Crippen molar-refractivity contribution >= 4 is 44.0 Å². The van der Waals surface area contributed by atoms with Crippen molar-refractivity contribution in [3.05, 3.63) is 73.5 Å². The van der Waals surface area contributed by atoms with Gasteiger partial charge in [0, 0.05) is 29.8 Å². The predicted molar refractivity (Wildman–Crippen MR) is 110 cm³/mol. The fourth-order valence-electron chi connectivity index (χ4n) is 2.61. The molecule has 0 saturated carbocycles. The minimum absolute atomic E-state index is 0.146. The number of anilines is 1. The number of nitrogens with zero attached hydrogens (tertiary/aromatic N) is 4. The van der Waals surface area contributed by atoms with Crippen molar-refractivity contribution in [2.24, 2.45) is 0 Å². The van der Waals surface area contributed by atoms with Crippen molar-refractivity contribution < 1.29 is 0 Å². The molecule has 0 saturated heterocycles. The van der Waals surface area contributed by atoms with E-state index in [4.69, 9.17) is 0 Å². The van der Waals surface area contributed by atoms with E-state index in [1.807, 2.05) is 73.6 Å². The maximum Gasteiger partial charge on any atom is 0.291 e. The van der Waals surface area contributed by atoms with Crippen LogP contribution in [0.5, 0.6) is 0 Å². The largest absolute Gasteiger partial charge is 0.378 e. The highest BCUT2D eigenvalue weighted by Crippen LogP contribution is 2.25. The van der Waals surface area contributed by atoms with Crippen molar-refractivity contribution in [2.75, 3.05) is 19.0 Å². The average molecular weight is 427 g/mol. The smallest absolute Gasteiger partial charge is 0.291 e. The molecule has 5 nitrogen and oxygen atoms in total. The van der Waals surface area contributed by atoms with Crippen LogP contribution in [0.25, 0.3) is 22.4 Å². The molecule has 0 spiro atoms. The van der Waals surface area contributed by atoms with Crippen LogP contribution in [0, 0.1) is 0 Å². The topological polar surface area (TPSA) is 50.5 Å².